The number of aliphatic hydroxyl groups is 2. The summed E-state index contributed by atoms with van der Waals surface area (Å²) in [5.41, 5.74) is 1.32. The van der Waals surface area contributed by atoms with Gasteiger partial charge in [0, 0.05) is 18.8 Å². The highest BCUT2D eigenvalue weighted by Crippen LogP contribution is 2.33. The maximum atomic E-state index is 12.1. The van der Waals surface area contributed by atoms with Gasteiger partial charge in [-0.25, -0.2) is 9.59 Å². The summed E-state index contributed by atoms with van der Waals surface area (Å²) in [7, 11) is -1.59. The molecule has 2 aliphatic heterocycles. The van der Waals surface area contributed by atoms with E-state index in [0.717, 1.165) is 17.4 Å². The summed E-state index contributed by atoms with van der Waals surface area (Å²) in [6.45, 7) is 10.2. The molecule has 2 fully saturated rings. The molecule has 4 heterocycles. The summed E-state index contributed by atoms with van der Waals surface area (Å²) in [4.78, 5) is 51.3. The second-order valence-electron chi connectivity index (χ2n) is 10.9. The number of nitrogens with one attached hydrogen (secondary N) is 2. The van der Waals surface area contributed by atoms with Crippen LogP contribution in [0.25, 0.3) is 0 Å². The van der Waals surface area contributed by atoms with Crippen molar-refractivity contribution in [1.82, 2.24) is 19.1 Å². The third kappa shape index (κ3) is 7.38. The molecule has 0 aromatic carbocycles. The number of rotatable bonds is 4. The van der Waals surface area contributed by atoms with Gasteiger partial charge in [0.2, 0.25) is 0 Å². The van der Waals surface area contributed by atoms with Crippen molar-refractivity contribution in [2.75, 3.05) is 6.61 Å². The molecule has 4 N–H and O–H groups in total. The average molecular weight is 575 g/mol. The number of aromatic amines is 2. The molecule has 0 amide bonds. The number of H-pyrrole nitrogens is 2. The number of nitrogens with zero attached hydrogens (tertiary/aromatic N) is 2. The predicted molar refractivity (Wildman–Crippen MR) is 150 cm³/mol. The fourth-order valence-corrected chi connectivity index (χ4v) is 4.94. The summed E-state index contributed by atoms with van der Waals surface area (Å²) in [5.74, 6) is 5.48. The summed E-state index contributed by atoms with van der Waals surface area (Å²) >= 11 is 0. The lowest BCUT2D eigenvalue weighted by Gasteiger charge is -2.15. The van der Waals surface area contributed by atoms with Crippen molar-refractivity contribution < 1.29 is 19.7 Å². The van der Waals surface area contributed by atoms with Crippen LogP contribution in [0.15, 0.2) is 31.6 Å². The average Bonchev–Trinajstić information content (AvgIpc) is 3.44. The number of hydrogen-bond donors (Lipinski definition) is 4. The Bertz CT molecular complexity index is 1550. The molecular weight excluding hydrogens is 538 g/mol. The van der Waals surface area contributed by atoms with Gasteiger partial charge in [-0.1, -0.05) is 45.3 Å². The van der Waals surface area contributed by atoms with Crippen molar-refractivity contribution in [2.24, 2.45) is 5.92 Å². The Balaban J connectivity index is 0.000000225. The summed E-state index contributed by atoms with van der Waals surface area (Å²) in [6.07, 6.45) is 7.17. The Labute approximate surface area is 232 Å². The second-order valence-corrected chi connectivity index (χ2v) is 15.7. The molecule has 0 bridgehead atoms. The van der Waals surface area contributed by atoms with Gasteiger partial charge < -0.3 is 19.7 Å². The lowest BCUT2D eigenvalue weighted by atomic mass is 10.0. The molecule has 2 aliphatic rings. The minimum atomic E-state index is -1.59. The van der Waals surface area contributed by atoms with Gasteiger partial charge in [0.1, 0.15) is 37.8 Å². The first-order valence-electron chi connectivity index (χ1n) is 13.1. The van der Waals surface area contributed by atoms with Crippen LogP contribution in [0.2, 0.25) is 19.6 Å². The first-order chi connectivity index (χ1) is 18.8. The van der Waals surface area contributed by atoms with E-state index in [0.29, 0.717) is 11.5 Å². The Morgan fingerprint density at radius 3 is 1.98 bits per heavy atom. The predicted octanol–water partition coefficient (Wildman–Crippen LogP) is 0.258. The molecule has 2 aromatic rings. The maximum Gasteiger partial charge on any atom is 0.330 e. The highest BCUT2D eigenvalue weighted by atomic mass is 28.3. The van der Waals surface area contributed by atoms with Crippen LogP contribution in [0.3, 0.4) is 0 Å². The third-order valence-electron chi connectivity index (χ3n) is 6.61. The van der Waals surface area contributed by atoms with Crippen LogP contribution in [0.4, 0.5) is 0 Å². The zero-order valence-corrected chi connectivity index (χ0v) is 24.3. The SMILES string of the molecule is C#[13C]c1cn([C@H]2C[C@@H](O)[C@@H](CO)O2)c(=O)[nH]c1=O.CC[C@H]1O[C@@H](n2cc([13C]#C[Si](C)(C)C)c(=O)[nH]c2=O)C[C@H]1C. The maximum absolute atomic E-state index is 12.1. The third-order valence-corrected chi connectivity index (χ3v) is 7.49. The molecule has 0 aliphatic carbocycles. The van der Waals surface area contributed by atoms with Gasteiger partial charge >= 0.3 is 11.4 Å². The van der Waals surface area contributed by atoms with Gasteiger partial charge in [-0.15, -0.1) is 12.0 Å². The lowest BCUT2D eigenvalue weighted by molar-refractivity contribution is -0.0459. The highest BCUT2D eigenvalue weighted by molar-refractivity contribution is 6.83. The molecule has 0 unspecified atom stereocenters. The van der Waals surface area contributed by atoms with Crippen LogP contribution >= 0.6 is 0 Å². The van der Waals surface area contributed by atoms with Gasteiger partial charge in [-0.05, 0) is 18.8 Å². The van der Waals surface area contributed by atoms with Gasteiger partial charge in [-0.3, -0.25) is 28.7 Å². The Morgan fingerprint density at radius 2 is 1.50 bits per heavy atom. The minimum Gasteiger partial charge on any atom is -0.394 e. The Morgan fingerprint density at radius 1 is 0.975 bits per heavy atom. The van der Waals surface area contributed by atoms with Gasteiger partial charge in [0.25, 0.3) is 11.1 Å². The molecule has 0 saturated carbocycles. The zero-order valence-electron chi connectivity index (χ0n) is 23.3. The Hall–Kier alpha value is -3.46. The van der Waals surface area contributed by atoms with E-state index in [2.05, 4.69) is 60.8 Å². The fraction of sp³-hybridized carbons (Fsp3) is 0.556. The summed E-state index contributed by atoms with van der Waals surface area (Å²) in [5, 5.41) is 18.5. The molecule has 2 saturated heterocycles. The minimum absolute atomic E-state index is 0.000128. The topological polar surface area (TPSA) is 169 Å². The van der Waals surface area contributed by atoms with E-state index in [9.17, 15) is 24.3 Å². The van der Waals surface area contributed by atoms with E-state index in [1.807, 2.05) is 0 Å². The largest absolute Gasteiger partial charge is 0.394 e. The van der Waals surface area contributed by atoms with Crippen molar-refractivity contribution in [3.63, 3.8) is 0 Å². The quantitative estimate of drug-likeness (QED) is 0.229. The van der Waals surface area contributed by atoms with E-state index >= 15 is 0 Å². The van der Waals surface area contributed by atoms with E-state index in [4.69, 9.17) is 21.0 Å². The molecule has 6 atom stereocenters. The van der Waals surface area contributed by atoms with E-state index in [-0.39, 0.29) is 30.9 Å². The molecule has 4 rings (SSSR count). The van der Waals surface area contributed by atoms with Crippen molar-refractivity contribution in [3.05, 3.63) is 65.2 Å². The van der Waals surface area contributed by atoms with E-state index < -0.39 is 49.0 Å². The normalized spacial score (nSPS) is 25.9. The molecule has 13 heteroatoms. The van der Waals surface area contributed by atoms with Gasteiger partial charge in [-0.2, -0.15) is 0 Å². The van der Waals surface area contributed by atoms with Crippen LogP contribution in [-0.4, -0.2) is 62.3 Å². The monoisotopic (exact) mass is 574 g/mol. The van der Waals surface area contributed by atoms with Crippen LogP contribution in [0.5, 0.6) is 0 Å². The summed E-state index contributed by atoms with van der Waals surface area (Å²) in [6, 6.07) is 0. The number of aromatic nitrogens is 4. The van der Waals surface area contributed by atoms with Crippen molar-refractivity contribution in [3.8, 4) is 23.8 Å². The molecule has 0 spiro atoms. The van der Waals surface area contributed by atoms with Crippen LogP contribution in [0.1, 0.15) is 56.7 Å². The van der Waals surface area contributed by atoms with Crippen molar-refractivity contribution >= 4 is 8.07 Å². The second kappa shape index (κ2) is 12.8. The van der Waals surface area contributed by atoms with E-state index in [1.54, 1.807) is 6.20 Å². The van der Waals surface area contributed by atoms with Crippen LogP contribution in [0, 0.1) is 29.7 Å². The van der Waals surface area contributed by atoms with Crippen molar-refractivity contribution in [1.29, 1.82) is 0 Å². The first kappa shape index (κ1) is 31.1. The first-order valence-corrected chi connectivity index (χ1v) is 16.6. The molecule has 0 radical (unpaired) electrons. The Kier molecular flexibility index (Phi) is 9.95. The van der Waals surface area contributed by atoms with Crippen LogP contribution < -0.4 is 22.5 Å². The fourth-order valence-electron chi connectivity index (χ4n) is 4.43. The summed E-state index contributed by atoms with van der Waals surface area (Å²) < 4.78 is 13.8. The lowest BCUT2D eigenvalue weighted by Crippen LogP contribution is -2.33. The standard InChI is InChI=1S/C16H24N2O3Si.C11H12N2O5/c1-6-13-11(2)9-14(21-13)18-10-12(7-8-22(3,4)5)15(19)17-16(18)20;1-2-6-4-13(11(17)12-10(6)16)9-3-7(15)8(5-14)18-9/h10-11,13-14H,6,9H2,1-5H3,(H,17,19,20);1,4,7-9,14-15H,3,5H2,(H,12,16,17)/t11-,13-,14-;7-,8-,9-/m11/s1/i7+1;2+1. The molecule has 12 nitrogen and oxygen atoms in total. The van der Waals surface area contributed by atoms with Crippen molar-refractivity contribution in [2.45, 2.75) is 83.5 Å². The van der Waals surface area contributed by atoms with E-state index in [1.165, 1.54) is 10.8 Å². The smallest absolute Gasteiger partial charge is 0.330 e. The molecule has 216 valence electrons. The number of terminal acetylenes is 1. The highest BCUT2D eigenvalue weighted by Gasteiger charge is 2.35. The molecule has 40 heavy (non-hydrogen) atoms. The number of aliphatic hydroxyl groups excluding tert-OH is 2. The van der Waals surface area contributed by atoms with Gasteiger partial charge in [0.15, 0.2) is 0 Å². The molecule has 2 aromatic heterocycles. The number of hydrogen-bond acceptors (Lipinski definition) is 8. The van der Waals surface area contributed by atoms with Crippen LogP contribution in [-0.2, 0) is 9.47 Å². The number of ether oxygens (including phenoxy) is 2. The molecular formula is C27H36N4O8Si. The zero-order chi connectivity index (χ0) is 29.8. The van der Waals surface area contributed by atoms with Gasteiger partial charge in [0.05, 0.1) is 18.8 Å².